The van der Waals surface area contributed by atoms with Gasteiger partial charge in [0.2, 0.25) is 0 Å². The smallest absolute Gasteiger partial charge is 0.171 e. The summed E-state index contributed by atoms with van der Waals surface area (Å²) in [6.07, 6.45) is 0. The van der Waals surface area contributed by atoms with E-state index in [1.807, 2.05) is 60.7 Å². The van der Waals surface area contributed by atoms with Crippen molar-refractivity contribution in [2.24, 2.45) is 0 Å². The minimum Gasteiger partial charge on any atom is -0.309 e. The van der Waals surface area contributed by atoms with Crippen LogP contribution in [0.4, 0.5) is 0 Å². The molecule has 0 fully saturated rings. The molecular weight excluding hydrogens is 848 g/mol. The van der Waals surface area contributed by atoms with Gasteiger partial charge in [0.1, 0.15) is 0 Å². The van der Waals surface area contributed by atoms with E-state index in [-0.39, 0.29) is 0 Å². The summed E-state index contributed by atoms with van der Waals surface area (Å²) in [5.74, 6) is 0. The second kappa shape index (κ2) is 14.9. The van der Waals surface area contributed by atoms with E-state index in [4.69, 9.17) is 0 Å². The zero-order valence-corrected chi connectivity index (χ0v) is 37.7. The molecule has 0 N–H and O–H groups in total. The average Bonchev–Trinajstić information content (AvgIpc) is 4.14. The predicted octanol–water partition coefficient (Wildman–Crippen LogP) is 14.6. The number of benzene rings is 10. The number of hydrogen-bond donors (Lipinski definition) is 0. The molecular formula is C62H41N4OP. The molecule has 0 unspecified atom stereocenters. The highest BCUT2D eigenvalue weighted by molar-refractivity contribution is 7.85. The second-order valence-electron chi connectivity index (χ2n) is 17.6. The Labute approximate surface area is 392 Å². The minimum absolute atomic E-state index is 0.789. The monoisotopic (exact) mass is 888 g/mol. The third-order valence-electron chi connectivity index (χ3n) is 14.0. The van der Waals surface area contributed by atoms with Crippen LogP contribution < -0.4 is 15.9 Å². The van der Waals surface area contributed by atoms with Crippen LogP contribution in [-0.2, 0) is 4.57 Å². The number of hydrogen-bond acceptors (Lipinski definition) is 1. The van der Waals surface area contributed by atoms with E-state index in [0.29, 0.717) is 0 Å². The Morgan fingerprint density at radius 2 is 0.529 bits per heavy atom. The van der Waals surface area contributed by atoms with Crippen LogP contribution in [0.15, 0.2) is 249 Å². The number of aromatic nitrogens is 4. The highest BCUT2D eigenvalue weighted by Crippen LogP contribution is 2.46. The lowest BCUT2D eigenvalue weighted by atomic mass is 10.2. The molecule has 0 aliphatic carbocycles. The summed E-state index contributed by atoms with van der Waals surface area (Å²) in [6, 6.07) is 87.7. The Morgan fingerprint density at radius 3 is 0.926 bits per heavy atom. The number of rotatable bonds is 7. The summed E-state index contributed by atoms with van der Waals surface area (Å²) < 4.78 is 25.6. The number of para-hydroxylation sites is 5. The van der Waals surface area contributed by atoms with Crippen LogP contribution in [0.25, 0.3) is 99.2 Å². The molecule has 0 saturated carbocycles. The highest BCUT2D eigenvalue weighted by atomic mass is 31.2. The minimum atomic E-state index is -3.31. The van der Waals surface area contributed by atoms with E-state index >= 15 is 4.57 Å². The van der Waals surface area contributed by atoms with Crippen LogP contribution in [0.3, 0.4) is 0 Å². The first kappa shape index (κ1) is 38.6. The van der Waals surface area contributed by atoms with Crippen molar-refractivity contribution in [1.82, 2.24) is 18.3 Å². The summed E-state index contributed by atoms with van der Waals surface area (Å²) in [5, 5.41) is 9.55. The fourth-order valence-corrected chi connectivity index (χ4v) is 13.7. The van der Waals surface area contributed by atoms with Crippen molar-refractivity contribution in [3.63, 3.8) is 0 Å². The molecule has 0 radical (unpaired) electrons. The van der Waals surface area contributed by atoms with Crippen molar-refractivity contribution in [3.05, 3.63) is 249 Å². The summed E-state index contributed by atoms with van der Waals surface area (Å²) >= 11 is 0. The molecule has 14 rings (SSSR count). The zero-order valence-electron chi connectivity index (χ0n) is 36.8. The van der Waals surface area contributed by atoms with Crippen molar-refractivity contribution in [2.45, 2.75) is 0 Å². The van der Waals surface area contributed by atoms with Crippen LogP contribution in [0.5, 0.6) is 0 Å². The van der Waals surface area contributed by atoms with Gasteiger partial charge in [0, 0.05) is 71.0 Å². The quantitative estimate of drug-likeness (QED) is 0.147. The normalized spacial score (nSPS) is 12.2. The highest BCUT2D eigenvalue weighted by Gasteiger charge is 2.31. The molecule has 4 heterocycles. The van der Waals surface area contributed by atoms with E-state index in [1.165, 1.54) is 43.6 Å². The first-order valence-corrected chi connectivity index (χ1v) is 24.8. The molecule has 6 heteroatoms. The van der Waals surface area contributed by atoms with Crippen LogP contribution >= 0.6 is 7.14 Å². The van der Waals surface area contributed by atoms with Crippen molar-refractivity contribution >= 4 is 99.5 Å². The lowest BCUT2D eigenvalue weighted by molar-refractivity contribution is 0.592. The van der Waals surface area contributed by atoms with E-state index < -0.39 is 7.14 Å². The number of nitrogens with zero attached hydrogens (tertiary/aromatic N) is 4. The molecule has 0 amide bonds. The van der Waals surface area contributed by atoms with E-state index in [1.54, 1.807) is 0 Å². The van der Waals surface area contributed by atoms with E-state index in [2.05, 4.69) is 206 Å². The second-order valence-corrected chi connectivity index (χ2v) is 20.4. The van der Waals surface area contributed by atoms with Gasteiger partial charge in [-0.2, -0.15) is 0 Å². The summed E-state index contributed by atoms with van der Waals surface area (Å²) in [5.41, 5.74) is 13.3. The molecule has 4 aromatic heterocycles. The molecule has 0 atom stereocenters. The molecule has 0 saturated heterocycles. The Kier molecular flexibility index (Phi) is 8.49. The maximum absolute atomic E-state index is 16.0. The lowest BCUT2D eigenvalue weighted by Crippen LogP contribution is -2.25. The maximum Gasteiger partial charge on any atom is 0.171 e. The molecule has 0 aliphatic rings. The van der Waals surface area contributed by atoms with E-state index in [9.17, 15) is 0 Å². The first-order chi connectivity index (χ1) is 33.6. The first-order valence-electron chi connectivity index (χ1n) is 23.1. The van der Waals surface area contributed by atoms with Crippen LogP contribution in [0, 0.1) is 0 Å². The topological polar surface area (TPSA) is 36.8 Å². The van der Waals surface area contributed by atoms with Gasteiger partial charge in [-0.25, -0.2) is 0 Å². The molecule has 14 aromatic rings. The molecule has 0 spiro atoms. The summed E-state index contributed by atoms with van der Waals surface area (Å²) in [4.78, 5) is 0. The Balaban J connectivity index is 1.02. The van der Waals surface area contributed by atoms with Gasteiger partial charge in [-0.1, -0.05) is 158 Å². The number of fused-ring (bicyclic) bond motifs is 11. The van der Waals surface area contributed by atoms with Gasteiger partial charge in [-0.3, -0.25) is 0 Å². The van der Waals surface area contributed by atoms with Gasteiger partial charge in [0.05, 0.1) is 44.1 Å². The fraction of sp³-hybridized carbons (Fsp3) is 0. The van der Waals surface area contributed by atoms with Crippen LogP contribution in [-0.4, -0.2) is 18.3 Å². The molecule has 320 valence electrons. The Morgan fingerprint density at radius 1 is 0.235 bits per heavy atom. The summed E-state index contributed by atoms with van der Waals surface area (Å²) in [7, 11) is -3.31. The summed E-state index contributed by atoms with van der Waals surface area (Å²) in [6.45, 7) is 0. The largest absolute Gasteiger partial charge is 0.309 e. The van der Waals surface area contributed by atoms with Gasteiger partial charge >= 0.3 is 0 Å². The molecule has 10 aromatic carbocycles. The van der Waals surface area contributed by atoms with Crippen molar-refractivity contribution in [2.75, 3.05) is 0 Å². The van der Waals surface area contributed by atoms with Crippen molar-refractivity contribution in [3.8, 4) is 22.7 Å². The van der Waals surface area contributed by atoms with Crippen LogP contribution in [0.2, 0.25) is 0 Å². The standard InChI is InChI=1S/C62H41N4OP/c67-68(46-17-3-1-4-18-46,47-19-5-2-6-20-47)48-39-40-54-60(41-48)66(45-37-33-43(34-38-45)64-57-28-14-9-23-51(57)52-24-10-15-29-58(52)64)61-53-25-11-16-30-59(53)65(62(54)61)44-35-31-42(32-36-44)63-55-26-12-7-21-49(55)50-22-8-13-27-56(50)63/h1-41H. The molecule has 0 aliphatic heterocycles. The molecule has 5 nitrogen and oxygen atoms in total. The third kappa shape index (κ3) is 5.54. The fourth-order valence-electron chi connectivity index (χ4n) is 11.1. The van der Waals surface area contributed by atoms with Gasteiger partial charge < -0.3 is 22.8 Å². The molecule has 0 bridgehead atoms. The zero-order chi connectivity index (χ0) is 44.9. The van der Waals surface area contributed by atoms with Gasteiger partial charge in [0.15, 0.2) is 7.14 Å². The van der Waals surface area contributed by atoms with Gasteiger partial charge in [-0.05, 0) is 91.0 Å². The van der Waals surface area contributed by atoms with Gasteiger partial charge in [-0.15, -0.1) is 0 Å². The molecule has 68 heavy (non-hydrogen) atoms. The average molecular weight is 889 g/mol. The van der Waals surface area contributed by atoms with Crippen molar-refractivity contribution < 1.29 is 4.57 Å². The van der Waals surface area contributed by atoms with Gasteiger partial charge in [0.25, 0.3) is 0 Å². The lowest BCUT2D eigenvalue weighted by Gasteiger charge is -2.20. The van der Waals surface area contributed by atoms with E-state index in [0.717, 1.165) is 71.5 Å². The Hall–Kier alpha value is -8.63. The SMILES string of the molecule is O=P(c1ccccc1)(c1ccccc1)c1ccc2c(c1)n(-c1ccc(-n3c4ccccc4c4ccccc43)cc1)c1c3ccccc3n(-c3ccc(-n4c5ccccc5c5ccccc54)cc3)c21. The third-order valence-corrected chi connectivity index (χ3v) is 17.1. The van der Waals surface area contributed by atoms with Crippen molar-refractivity contribution in [1.29, 1.82) is 0 Å². The van der Waals surface area contributed by atoms with Crippen LogP contribution in [0.1, 0.15) is 0 Å². The maximum atomic E-state index is 16.0. The predicted molar refractivity (Wildman–Crippen MR) is 286 cm³/mol. The Bertz CT molecular complexity index is 4180.